The van der Waals surface area contributed by atoms with Crippen LogP contribution in [0.2, 0.25) is 0 Å². The fourth-order valence-corrected chi connectivity index (χ4v) is 2.41. The minimum atomic E-state index is -0.231. The molecule has 8 heteroatoms. The van der Waals surface area contributed by atoms with E-state index in [4.69, 9.17) is 13.9 Å². The quantitative estimate of drug-likeness (QED) is 0.646. The highest BCUT2D eigenvalue weighted by Crippen LogP contribution is 2.20. The van der Waals surface area contributed by atoms with Crippen molar-refractivity contribution < 1.29 is 18.7 Å². The number of ether oxygens (including phenoxy) is 2. The lowest BCUT2D eigenvalue weighted by Crippen LogP contribution is -2.26. The Morgan fingerprint density at radius 2 is 2.15 bits per heavy atom. The molecule has 2 aromatic heterocycles. The summed E-state index contributed by atoms with van der Waals surface area (Å²) in [5, 5.41) is 4.09. The largest absolute Gasteiger partial charge is 0.497 e. The van der Waals surface area contributed by atoms with Crippen LogP contribution in [0, 0.1) is 0 Å². The van der Waals surface area contributed by atoms with Gasteiger partial charge in [-0.05, 0) is 12.1 Å². The Morgan fingerprint density at radius 3 is 2.88 bits per heavy atom. The second-order valence-electron chi connectivity index (χ2n) is 5.78. The summed E-state index contributed by atoms with van der Waals surface area (Å²) < 4.78 is 17.8. The van der Waals surface area contributed by atoms with E-state index in [0.29, 0.717) is 23.9 Å². The van der Waals surface area contributed by atoms with Crippen LogP contribution in [0.3, 0.4) is 0 Å². The molecule has 0 atom stereocenters. The third-order valence-corrected chi connectivity index (χ3v) is 3.70. The summed E-state index contributed by atoms with van der Waals surface area (Å²) >= 11 is 0. The van der Waals surface area contributed by atoms with Crippen molar-refractivity contribution in [2.75, 3.05) is 14.2 Å². The zero-order chi connectivity index (χ0) is 18.5. The van der Waals surface area contributed by atoms with Crippen LogP contribution in [0.4, 0.5) is 0 Å². The number of aryl methyl sites for hydroxylation is 1. The first-order valence-electron chi connectivity index (χ1n) is 7.99. The number of amides is 1. The number of aromatic nitrogens is 3. The molecule has 3 aromatic rings. The van der Waals surface area contributed by atoms with E-state index in [1.807, 2.05) is 25.4 Å². The summed E-state index contributed by atoms with van der Waals surface area (Å²) in [6, 6.07) is 7.22. The van der Waals surface area contributed by atoms with Crippen LogP contribution >= 0.6 is 0 Å². The maximum Gasteiger partial charge on any atom is 0.275 e. The Bertz CT molecular complexity index is 887. The minimum Gasteiger partial charge on any atom is -0.497 e. The van der Waals surface area contributed by atoms with Gasteiger partial charge in [-0.15, -0.1) is 0 Å². The van der Waals surface area contributed by atoms with Crippen LogP contribution in [0.25, 0.3) is 0 Å². The van der Waals surface area contributed by atoms with E-state index < -0.39 is 0 Å². The van der Waals surface area contributed by atoms with Crippen molar-refractivity contribution >= 4 is 5.91 Å². The minimum absolute atomic E-state index is 0.118. The first-order chi connectivity index (χ1) is 12.5. The molecule has 8 nitrogen and oxygen atoms in total. The van der Waals surface area contributed by atoms with Gasteiger partial charge < -0.3 is 18.8 Å². The van der Waals surface area contributed by atoms with Gasteiger partial charge in [-0.1, -0.05) is 6.07 Å². The molecule has 2 heterocycles. The fraction of sp³-hybridized carbons (Fsp3) is 0.278. The molecule has 136 valence electrons. The Kier molecular flexibility index (Phi) is 5.21. The van der Waals surface area contributed by atoms with Crippen LogP contribution in [-0.2, 0) is 20.2 Å². The molecular weight excluding hydrogens is 336 g/mol. The third kappa shape index (κ3) is 4.21. The van der Waals surface area contributed by atoms with Crippen molar-refractivity contribution in [3.05, 3.63) is 60.1 Å². The molecule has 0 fully saturated rings. The van der Waals surface area contributed by atoms with Crippen molar-refractivity contribution in [1.29, 1.82) is 0 Å². The number of carbonyl (C=O) groups is 1. The van der Waals surface area contributed by atoms with Gasteiger partial charge in [0.15, 0.2) is 12.3 Å². The van der Waals surface area contributed by atoms with E-state index in [1.54, 1.807) is 42.1 Å². The number of carbonyl (C=O) groups excluding carboxylic acids is 1. The molecule has 1 aromatic carbocycles. The number of hydrogen-bond acceptors (Lipinski definition) is 6. The van der Waals surface area contributed by atoms with Gasteiger partial charge in [-0.3, -0.25) is 9.48 Å². The fourth-order valence-electron chi connectivity index (χ4n) is 2.41. The summed E-state index contributed by atoms with van der Waals surface area (Å²) in [4.78, 5) is 18.2. The summed E-state index contributed by atoms with van der Waals surface area (Å²) in [6.07, 6.45) is 4.92. The summed E-state index contributed by atoms with van der Waals surface area (Å²) in [6.45, 7) is 0.557. The average molecular weight is 356 g/mol. The highest BCUT2D eigenvalue weighted by molar-refractivity contribution is 5.91. The van der Waals surface area contributed by atoms with Crippen LogP contribution in [0.15, 0.2) is 47.3 Å². The van der Waals surface area contributed by atoms with Crippen molar-refractivity contribution in [3.8, 4) is 11.5 Å². The van der Waals surface area contributed by atoms with Gasteiger partial charge in [-0.2, -0.15) is 5.10 Å². The normalized spacial score (nSPS) is 10.6. The van der Waals surface area contributed by atoms with E-state index in [1.165, 1.54) is 6.26 Å². The number of benzene rings is 1. The number of methoxy groups -OCH3 is 1. The maximum atomic E-state index is 12.4. The van der Waals surface area contributed by atoms with Gasteiger partial charge in [0.2, 0.25) is 5.89 Å². The van der Waals surface area contributed by atoms with Crippen LogP contribution in [0.5, 0.6) is 11.5 Å². The predicted octanol–water partition coefficient (Wildman–Crippen LogP) is 2.27. The molecule has 0 spiro atoms. The first-order valence-corrected chi connectivity index (χ1v) is 7.99. The van der Waals surface area contributed by atoms with Gasteiger partial charge in [0.1, 0.15) is 17.8 Å². The van der Waals surface area contributed by atoms with Crippen LogP contribution in [-0.4, -0.2) is 39.7 Å². The average Bonchev–Trinajstić information content (AvgIpc) is 3.28. The van der Waals surface area contributed by atoms with Crippen LogP contribution < -0.4 is 9.47 Å². The molecule has 0 aliphatic carbocycles. The second-order valence-corrected chi connectivity index (χ2v) is 5.78. The molecule has 0 aliphatic rings. The van der Waals surface area contributed by atoms with Crippen molar-refractivity contribution in [1.82, 2.24) is 19.7 Å². The molecule has 0 bridgehead atoms. The molecule has 0 saturated carbocycles. The SMILES string of the molecule is COc1cccc(OCc2nc(C(=O)N(C)Cc3cnn(C)c3)co2)c1. The Labute approximate surface area is 151 Å². The molecule has 0 radical (unpaired) electrons. The van der Waals surface area contributed by atoms with Gasteiger partial charge in [0.05, 0.1) is 13.3 Å². The van der Waals surface area contributed by atoms with Gasteiger partial charge in [0, 0.05) is 38.5 Å². The van der Waals surface area contributed by atoms with E-state index >= 15 is 0 Å². The standard InChI is InChI=1S/C18H20N4O4/c1-21(9-13-8-19-22(2)10-13)18(23)16-11-26-17(20-16)12-25-15-6-4-5-14(7-15)24-3/h4-8,10-11H,9,12H2,1-3H3. The Hall–Kier alpha value is -3.29. The van der Waals surface area contributed by atoms with Gasteiger partial charge in [0.25, 0.3) is 5.91 Å². The number of nitrogens with zero attached hydrogens (tertiary/aromatic N) is 4. The zero-order valence-electron chi connectivity index (χ0n) is 14.9. The zero-order valence-corrected chi connectivity index (χ0v) is 14.9. The molecule has 0 saturated heterocycles. The molecule has 26 heavy (non-hydrogen) atoms. The third-order valence-electron chi connectivity index (χ3n) is 3.70. The molecule has 0 aliphatic heterocycles. The number of oxazole rings is 1. The van der Waals surface area contributed by atoms with Crippen molar-refractivity contribution in [3.63, 3.8) is 0 Å². The molecule has 3 rings (SSSR count). The Balaban J connectivity index is 1.58. The summed E-state index contributed by atoms with van der Waals surface area (Å²) in [5.74, 6) is 1.42. The lowest BCUT2D eigenvalue weighted by molar-refractivity contribution is 0.0779. The number of hydrogen-bond donors (Lipinski definition) is 0. The molecular formula is C18H20N4O4. The summed E-state index contributed by atoms with van der Waals surface area (Å²) in [7, 11) is 5.13. The highest BCUT2D eigenvalue weighted by Gasteiger charge is 2.17. The predicted molar refractivity (Wildman–Crippen MR) is 92.8 cm³/mol. The van der Waals surface area contributed by atoms with Gasteiger partial charge >= 0.3 is 0 Å². The first kappa shape index (κ1) is 17.5. The maximum absolute atomic E-state index is 12.4. The second kappa shape index (κ2) is 7.73. The molecule has 1 amide bonds. The molecule has 0 unspecified atom stereocenters. The van der Waals surface area contributed by atoms with Crippen LogP contribution in [0.1, 0.15) is 21.9 Å². The number of rotatable bonds is 7. The lowest BCUT2D eigenvalue weighted by atomic mass is 10.3. The van der Waals surface area contributed by atoms with Crippen molar-refractivity contribution in [2.24, 2.45) is 7.05 Å². The van der Waals surface area contributed by atoms with Crippen molar-refractivity contribution in [2.45, 2.75) is 13.2 Å². The van der Waals surface area contributed by atoms with E-state index in [0.717, 1.165) is 5.56 Å². The van der Waals surface area contributed by atoms with E-state index in [-0.39, 0.29) is 18.2 Å². The summed E-state index contributed by atoms with van der Waals surface area (Å²) in [5.41, 5.74) is 1.18. The molecule has 0 N–H and O–H groups in total. The lowest BCUT2D eigenvalue weighted by Gasteiger charge is -2.14. The Morgan fingerprint density at radius 1 is 1.35 bits per heavy atom. The van der Waals surface area contributed by atoms with E-state index in [9.17, 15) is 4.79 Å². The smallest absolute Gasteiger partial charge is 0.275 e. The topological polar surface area (TPSA) is 82.6 Å². The van der Waals surface area contributed by atoms with E-state index in [2.05, 4.69) is 10.1 Å². The monoisotopic (exact) mass is 356 g/mol. The van der Waals surface area contributed by atoms with Gasteiger partial charge in [-0.25, -0.2) is 4.98 Å². The highest BCUT2D eigenvalue weighted by atomic mass is 16.5.